The highest BCUT2D eigenvalue weighted by molar-refractivity contribution is 6.04. The van der Waals surface area contributed by atoms with E-state index in [-0.39, 0.29) is 30.4 Å². The summed E-state index contributed by atoms with van der Waals surface area (Å²) in [5.41, 5.74) is 1.99. The van der Waals surface area contributed by atoms with Gasteiger partial charge in [-0.05, 0) is 82.9 Å². The van der Waals surface area contributed by atoms with Crippen LogP contribution in [0.3, 0.4) is 0 Å². The fourth-order valence-electron chi connectivity index (χ4n) is 5.29. The molecular formula is C36H45N5O7. The largest absolute Gasteiger partial charge is 0.493 e. The van der Waals surface area contributed by atoms with Crippen molar-refractivity contribution in [2.24, 2.45) is 0 Å². The van der Waals surface area contributed by atoms with Crippen molar-refractivity contribution in [2.75, 3.05) is 39.2 Å². The number of ether oxygens (including phenoxy) is 3. The molecule has 4 aromatic rings. The van der Waals surface area contributed by atoms with Gasteiger partial charge in [0.2, 0.25) is 0 Å². The molecule has 0 unspecified atom stereocenters. The van der Waals surface area contributed by atoms with Gasteiger partial charge in [-0.2, -0.15) is 0 Å². The van der Waals surface area contributed by atoms with E-state index >= 15 is 0 Å². The Morgan fingerprint density at radius 1 is 0.854 bits per heavy atom. The Bertz CT molecular complexity index is 1660. The predicted molar refractivity (Wildman–Crippen MR) is 184 cm³/mol. The fourth-order valence-corrected chi connectivity index (χ4v) is 5.29. The number of rotatable bonds is 15. The molecule has 0 fully saturated rings. The highest BCUT2D eigenvalue weighted by atomic mass is 16.5. The summed E-state index contributed by atoms with van der Waals surface area (Å²) in [6.45, 7) is 9.07. The normalized spacial score (nSPS) is 11.0. The Hall–Kier alpha value is -5.26. The maximum absolute atomic E-state index is 13.1. The molecule has 0 aliphatic carbocycles. The van der Waals surface area contributed by atoms with E-state index < -0.39 is 12.1 Å². The van der Waals surface area contributed by atoms with Gasteiger partial charge in [-0.15, -0.1) is 0 Å². The Balaban J connectivity index is 1.26. The van der Waals surface area contributed by atoms with Gasteiger partial charge in [-0.1, -0.05) is 35.5 Å². The molecule has 256 valence electrons. The third-order valence-corrected chi connectivity index (χ3v) is 7.66. The summed E-state index contributed by atoms with van der Waals surface area (Å²) in [5, 5.41) is 9.76. The molecule has 0 radical (unpaired) electrons. The van der Waals surface area contributed by atoms with E-state index in [9.17, 15) is 14.4 Å². The Morgan fingerprint density at radius 2 is 1.56 bits per heavy atom. The number of carbonyl (C=O) groups is 3. The Labute approximate surface area is 281 Å². The number of nitrogens with one attached hydrogen (secondary N) is 2. The quantitative estimate of drug-likeness (QED) is 0.134. The van der Waals surface area contributed by atoms with Crippen molar-refractivity contribution in [2.45, 2.75) is 59.0 Å². The lowest BCUT2D eigenvalue weighted by molar-refractivity contribution is 0.0643. The predicted octanol–water partition coefficient (Wildman–Crippen LogP) is 6.75. The van der Waals surface area contributed by atoms with E-state index in [0.29, 0.717) is 53.4 Å². The number of fused-ring (bicyclic) bond motifs is 1. The third-order valence-electron chi connectivity index (χ3n) is 7.66. The number of amides is 5. The van der Waals surface area contributed by atoms with Crippen LogP contribution in [0, 0.1) is 0 Å². The van der Waals surface area contributed by atoms with Gasteiger partial charge in [0, 0.05) is 37.3 Å². The number of imide groups is 1. The van der Waals surface area contributed by atoms with E-state index in [1.165, 1.54) is 7.05 Å². The molecular weight excluding hydrogens is 614 g/mol. The first kappa shape index (κ1) is 35.6. The first-order valence-electron chi connectivity index (χ1n) is 16.1. The molecule has 2 N–H and O–H groups in total. The highest BCUT2D eigenvalue weighted by Crippen LogP contribution is 2.30. The van der Waals surface area contributed by atoms with E-state index in [1.54, 1.807) is 43.5 Å². The maximum Gasteiger partial charge on any atom is 0.331 e. The minimum atomic E-state index is -0.617. The van der Waals surface area contributed by atoms with Crippen LogP contribution in [0.2, 0.25) is 0 Å². The molecule has 0 saturated heterocycles. The zero-order valence-electron chi connectivity index (χ0n) is 28.4. The lowest BCUT2D eigenvalue weighted by Gasteiger charge is -2.31. The van der Waals surface area contributed by atoms with Crippen LogP contribution in [-0.4, -0.2) is 78.9 Å². The first-order chi connectivity index (χ1) is 23.1. The van der Waals surface area contributed by atoms with Crippen LogP contribution in [0.4, 0.5) is 15.4 Å². The monoisotopic (exact) mass is 659 g/mol. The van der Waals surface area contributed by atoms with Gasteiger partial charge in [-0.25, -0.2) is 14.5 Å². The summed E-state index contributed by atoms with van der Waals surface area (Å²) in [5.74, 6) is 1.83. The van der Waals surface area contributed by atoms with Crippen LogP contribution >= 0.6 is 0 Å². The van der Waals surface area contributed by atoms with Gasteiger partial charge in [0.1, 0.15) is 5.75 Å². The first-order valence-corrected chi connectivity index (χ1v) is 16.1. The molecule has 12 heteroatoms. The second-order valence-electron chi connectivity index (χ2n) is 11.7. The van der Waals surface area contributed by atoms with Crippen LogP contribution < -0.4 is 24.8 Å². The number of benzene rings is 3. The second-order valence-corrected chi connectivity index (χ2v) is 11.7. The number of unbranched alkanes of at least 4 members (excludes halogenated alkanes) is 1. The molecule has 0 atom stereocenters. The molecule has 3 aromatic carbocycles. The summed E-state index contributed by atoms with van der Waals surface area (Å²) in [6.07, 6.45) is 1.96. The van der Waals surface area contributed by atoms with E-state index in [1.807, 2.05) is 62.9 Å². The van der Waals surface area contributed by atoms with Crippen molar-refractivity contribution >= 4 is 34.8 Å². The molecule has 4 rings (SSSR count). The van der Waals surface area contributed by atoms with Crippen molar-refractivity contribution in [1.82, 2.24) is 20.3 Å². The smallest absolute Gasteiger partial charge is 0.331 e. The number of anilines is 1. The van der Waals surface area contributed by atoms with Crippen molar-refractivity contribution < 1.29 is 33.1 Å². The van der Waals surface area contributed by atoms with Crippen molar-refractivity contribution in [3.05, 3.63) is 77.9 Å². The Kier molecular flexibility index (Phi) is 12.6. The van der Waals surface area contributed by atoms with Gasteiger partial charge in [0.25, 0.3) is 5.91 Å². The van der Waals surface area contributed by atoms with Crippen LogP contribution in [0.15, 0.2) is 71.3 Å². The molecule has 0 saturated carbocycles. The molecule has 1 heterocycles. The third kappa shape index (κ3) is 9.18. The van der Waals surface area contributed by atoms with Gasteiger partial charge in [0.15, 0.2) is 22.9 Å². The number of hydrogen-bond donors (Lipinski definition) is 2. The van der Waals surface area contributed by atoms with Crippen LogP contribution in [0.5, 0.6) is 17.2 Å². The lowest BCUT2D eigenvalue weighted by atomic mass is 10.1. The second kappa shape index (κ2) is 17.1. The maximum atomic E-state index is 13.1. The van der Waals surface area contributed by atoms with Crippen LogP contribution in [-0.2, 0) is 6.42 Å². The van der Waals surface area contributed by atoms with Gasteiger partial charge < -0.3 is 29.0 Å². The topological polar surface area (TPSA) is 135 Å². The molecule has 12 nitrogen and oxygen atoms in total. The number of hydrogen-bond acceptors (Lipinski definition) is 8. The number of methoxy groups -OCH3 is 1. The number of nitrogens with zero attached hydrogens (tertiary/aromatic N) is 3. The summed E-state index contributed by atoms with van der Waals surface area (Å²) in [6, 6.07) is 19.1. The standard InChI is InChI=1S/C36H45N5O7/c1-24(2)41(25(3)4)34(42)27-14-17-30(32(22-27)45-6)47-21-11-10-20-46-28-15-16-29-31(23-28)48-39-33(29)38-36(44)40(35(43)37-5)19-18-26-12-8-7-9-13-26/h7-9,12-17,22-25H,10-11,18-21H2,1-6H3,(H,37,43)(H,38,39,44). The van der Waals surface area contributed by atoms with Crippen molar-refractivity contribution in [3.63, 3.8) is 0 Å². The molecule has 1 aromatic heterocycles. The lowest BCUT2D eigenvalue weighted by Crippen LogP contribution is -2.45. The minimum absolute atomic E-state index is 0.0475. The average molecular weight is 660 g/mol. The number of carbonyl (C=O) groups excluding carboxylic acids is 3. The summed E-state index contributed by atoms with van der Waals surface area (Å²) >= 11 is 0. The Morgan fingerprint density at radius 3 is 2.23 bits per heavy atom. The van der Waals surface area contributed by atoms with Crippen LogP contribution in [0.1, 0.15) is 56.5 Å². The number of urea groups is 2. The summed E-state index contributed by atoms with van der Waals surface area (Å²) < 4.78 is 22.8. The number of aromatic nitrogens is 1. The molecule has 0 aliphatic rings. The zero-order valence-corrected chi connectivity index (χ0v) is 28.4. The SMILES string of the molecule is CNC(=O)N(CCc1ccccc1)C(=O)Nc1noc2cc(OCCCCOc3ccc(C(=O)N(C(C)C)C(C)C)cc3OC)ccc12. The average Bonchev–Trinajstić information content (AvgIpc) is 3.47. The fraction of sp³-hybridized carbons (Fsp3) is 0.389. The highest BCUT2D eigenvalue weighted by Gasteiger charge is 2.24. The van der Waals surface area contributed by atoms with E-state index in [4.69, 9.17) is 18.7 Å². The van der Waals surface area contributed by atoms with E-state index in [2.05, 4.69) is 15.8 Å². The molecule has 48 heavy (non-hydrogen) atoms. The molecule has 0 spiro atoms. The van der Waals surface area contributed by atoms with E-state index in [0.717, 1.165) is 23.3 Å². The van der Waals surface area contributed by atoms with Crippen molar-refractivity contribution in [3.8, 4) is 17.2 Å². The van der Waals surface area contributed by atoms with Gasteiger partial charge >= 0.3 is 12.1 Å². The van der Waals surface area contributed by atoms with Crippen molar-refractivity contribution in [1.29, 1.82) is 0 Å². The zero-order chi connectivity index (χ0) is 34.6. The van der Waals surface area contributed by atoms with Gasteiger partial charge in [-0.3, -0.25) is 10.1 Å². The summed E-state index contributed by atoms with van der Waals surface area (Å²) in [7, 11) is 3.03. The minimum Gasteiger partial charge on any atom is -0.493 e. The molecule has 5 amide bonds. The summed E-state index contributed by atoms with van der Waals surface area (Å²) in [4.78, 5) is 41.5. The molecule has 0 aliphatic heterocycles. The van der Waals surface area contributed by atoms with Gasteiger partial charge in [0.05, 0.1) is 25.7 Å². The van der Waals surface area contributed by atoms with Crippen LogP contribution in [0.25, 0.3) is 11.0 Å². The molecule has 0 bridgehead atoms.